The molecule has 0 spiro atoms. The number of fused-ring (bicyclic) bond motifs is 1. The fraction of sp³-hybridized carbons (Fsp3) is 0.350. The number of hydrogen-bond donors (Lipinski definition) is 1. The van der Waals surface area contributed by atoms with Gasteiger partial charge in [0.15, 0.2) is 0 Å². The number of rotatable bonds is 5. The topological polar surface area (TPSA) is 41.6 Å². The molecule has 1 heterocycles. The van der Waals surface area contributed by atoms with Gasteiger partial charge in [-0.25, -0.2) is 0 Å². The van der Waals surface area contributed by atoms with Crippen LogP contribution < -0.4 is 10.1 Å². The van der Waals surface area contributed by atoms with Gasteiger partial charge in [0.05, 0.1) is 11.1 Å². The summed E-state index contributed by atoms with van der Waals surface area (Å²) in [5.41, 5.74) is 4.10. The minimum Gasteiger partial charge on any atom is -0.492 e. The van der Waals surface area contributed by atoms with Gasteiger partial charge in [0.25, 0.3) is 5.91 Å². The number of halogens is 1. The quantitative estimate of drug-likeness (QED) is 0.801. The van der Waals surface area contributed by atoms with Gasteiger partial charge in [-0.1, -0.05) is 13.0 Å². The van der Waals surface area contributed by atoms with E-state index < -0.39 is 0 Å². The summed E-state index contributed by atoms with van der Waals surface area (Å²) in [6.45, 7) is 4.73. The van der Waals surface area contributed by atoms with Crippen LogP contribution in [0.2, 0.25) is 0 Å². The smallest absolute Gasteiger partial charge is 0.255 e. The number of nitrogens with one attached hydrogen (secondary N) is 1. The van der Waals surface area contributed by atoms with Crippen LogP contribution >= 0.6 is 15.9 Å². The molecule has 1 N–H and O–H groups in total. The molecule has 0 unspecified atom stereocenters. The number of carbonyl (C=O) groups excluding carboxylic acids is 1. The number of benzene rings is 2. The van der Waals surface area contributed by atoms with Crippen molar-refractivity contribution >= 4 is 27.5 Å². The molecule has 1 amide bonds. The van der Waals surface area contributed by atoms with E-state index in [0.29, 0.717) is 12.2 Å². The average molecular weight is 403 g/mol. The first-order valence-electron chi connectivity index (χ1n) is 8.61. The Bertz CT molecular complexity index is 776. The lowest BCUT2D eigenvalue weighted by Crippen LogP contribution is -2.26. The Morgan fingerprint density at radius 2 is 2.08 bits per heavy atom. The molecule has 25 heavy (non-hydrogen) atoms. The molecule has 0 atom stereocenters. The van der Waals surface area contributed by atoms with Crippen LogP contribution in [0.4, 0.5) is 5.69 Å². The fourth-order valence-corrected chi connectivity index (χ4v) is 3.44. The highest BCUT2D eigenvalue weighted by molar-refractivity contribution is 9.10. The maximum absolute atomic E-state index is 12.5. The minimum atomic E-state index is -0.119. The molecule has 2 aromatic rings. The molecule has 2 aromatic carbocycles. The summed E-state index contributed by atoms with van der Waals surface area (Å²) in [5.74, 6) is 0.641. The van der Waals surface area contributed by atoms with Crippen molar-refractivity contribution in [2.45, 2.75) is 26.3 Å². The van der Waals surface area contributed by atoms with Crippen molar-refractivity contribution in [3.05, 3.63) is 57.6 Å². The van der Waals surface area contributed by atoms with Gasteiger partial charge in [0, 0.05) is 24.3 Å². The van der Waals surface area contributed by atoms with E-state index in [1.807, 2.05) is 12.1 Å². The van der Waals surface area contributed by atoms with Gasteiger partial charge in [0.1, 0.15) is 5.75 Å². The molecule has 0 saturated carbocycles. The summed E-state index contributed by atoms with van der Waals surface area (Å²) in [7, 11) is 2.12. The van der Waals surface area contributed by atoms with Gasteiger partial charge < -0.3 is 15.0 Å². The Balaban J connectivity index is 1.72. The summed E-state index contributed by atoms with van der Waals surface area (Å²) in [5, 5.41) is 2.99. The van der Waals surface area contributed by atoms with Crippen LogP contribution in [0.5, 0.6) is 5.75 Å². The SMILES string of the molecule is CCCOc1ccc(C(=O)Nc2ccc3c(c2)CN(C)CC3)cc1Br. The van der Waals surface area contributed by atoms with Gasteiger partial charge in [-0.2, -0.15) is 0 Å². The number of carbonyl (C=O) groups is 1. The summed E-state index contributed by atoms with van der Waals surface area (Å²) < 4.78 is 6.42. The first kappa shape index (κ1) is 18.0. The van der Waals surface area contributed by atoms with Gasteiger partial charge in [0.2, 0.25) is 0 Å². The van der Waals surface area contributed by atoms with Crippen LogP contribution in [0.1, 0.15) is 34.8 Å². The predicted octanol–water partition coefficient (Wildman–Crippen LogP) is 4.48. The van der Waals surface area contributed by atoms with E-state index >= 15 is 0 Å². The largest absolute Gasteiger partial charge is 0.492 e. The molecular formula is C20H23BrN2O2. The highest BCUT2D eigenvalue weighted by Crippen LogP contribution is 2.27. The highest BCUT2D eigenvalue weighted by Gasteiger charge is 2.15. The van der Waals surface area contributed by atoms with E-state index in [-0.39, 0.29) is 5.91 Å². The number of nitrogens with zero attached hydrogens (tertiary/aromatic N) is 1. The molecule has 0 bridgehead atoms. The molecule has 0 radical (unpaired) electrons. The Labute approximate surface area is 157 Å². The predicted molar refractivity (Wildman–Crippen MR) is 104 cm³/mol. The van der Waals surface area contributed by atoms with Crippen molar-refractivity contribution in [2.24, 2.45) is 0 Å². The van der Waals surface area contributed by atoms with Gasteiger partial charge >= 0.3 is 0 Å². The molecule has 1 aliphatic rings. The van der Waals surface area contributed by atoms with Gasteiger partial charge in [-0.05, 0) is 77.3 Å². The maximum atomic E-state index is 12.5. The van der Waals surface area contributed by atoms with E-state index in [2.05, 4.69) is 52.3 Å². The Morgan fingerprint density at radius 3 is 2.84 bits per heavy atom. The number of hydrogen-bond acceptors (Lipinski definition) is 3. The monoisotopic (exact) mass is 402 g/mol. The van der Waals surface area contributed by atoms with Gasteiger partial charge in [-0.3, -0.25) is 4.79 Å². The third-order valence-electron chi connectivity index (χ3n) is 4.32. The van der Waals surface area contributed by atoms with Crippen molar-refractivity contribution in [1.82, 2.24) is 4.90 Å². The molecule has 3 rings (SSSR count). The average Bonchev–Trinajstić information content (AvgIpc) is 2.60. The zero-order valence-electron chi connectivity index (χ0n) is 14.6. The molecule has 0 fully saturated rings. The summed E-state index contributed by atoms with van der Waals surface area (Å²) in [4.78, 5) is 14.8. The van der Waals surface area contributed by atoms with Crippen LogP contribution in [0.3, 0.4) is 0 Å². The lowest BCUT2D eigenvalue weighted by molar-refractivity contribution is 0.102. The zero-order chi connectivity index (χ0) is 17.8. The van der Waals surface area contributed by atoms with Crippen molar-refractivity contribution in [1.29, 1.82) is 0 Å². The van der Waals surface area contributed by atoms with Crippen LogP contribution in [0.15, 0.2) is 40.9 Å². The van der Waals surface area contributed by atoms with Crippen LogP contribution in [0, 0.1) is 0 Å². The first-order valence-corrected chi connectivity index (χ1v) is 9.40. The Morgan fingerprint density at radius 1 is 1.24 bits per heavy atom. The second kappa shape index (κ2) is 8.02. The maximum Gasteiger partial charge on any atom is 0.255 e. The Hall–Kier alpha value is -1.85. The fourth-order valence-electron chi connectivity index (χ4n) is 2.95. The van der Waals surface area contributed by atoms with Crippen LogP contribution in [0.25, 0.3) is 0 Å². The van der Waals surface area contributed by atoms with Gasteiger partial charge in [-0.15, -0.1) is 0 Å². The molecule has 4 nitrogen and oxygen atoms in total. The molecule has 0 saturated heterocycles. The number of amides is 1. The van der Waals surface area contributed by atoms with Crippen LogP contribution in [-0.2, 0) is 13.0 Å². The zero-order valence-corrected chi connectivity index (χ0v) is 16.2. The summed E-state index contributed by atoms with van der Waals surface area (Å²) in [6.07, 6.45) is 2.01. The standard InChI is InChI=1S/C20H23BrN2O2/c1-3-10-25-19-7-5-15(12-18(19)21)20(24)22-17-6-4-14-8-9-23(2)13-16(14)11-17/h4-7,11-12H,3,8-10,13H2,1-2H3,(H,22,24). The molecule has 0 aromatic heterocycles. The molecule has 132 valence electrons. The van der Waals surface area contributed by atoms with Crippen molar-refractivity contribution in [2.75, 3.05) is 25.5 Å². The van der Waals surface area contributed by atoms with Crippen LogP contribution in [-0.4, -0.2) is 31.0 Å². The van der Waals surface area contributed by atoms with E-state index in [4.69, 9.17) is 4.74 Å². The van der Waals surface area contributed by atoms with E-state index in [0.717, 1.165) is 41.8 Å². The second-order valence-corrected chi connectivity index (χ2v) is 7.27. The minimum absolute atomic E-state index is 0.119. The molecule has 1 aliphatic heterocycles. The van der Waals surface area contributed by atoms with E-state index in [1.165, 1.54) is 11.1 Å². The first-order chi connectivity index (χ1) is 12.1. The second-order valence-electron chi connectivity index (χ2n) is 6.42. The van der Waals surface area contributed by atoms with Crippen molar-refractivity contribution in [3.8, 4) is 5.75 Å². The lowest BCUT2D eigenvalue weighted by atomic mass is 9.99. The molecular weight excluding hydrogens is 380 g/mol. The molecule has 0 aliphatic carbocycles. The lowest BCUT2D eigenvalue weighted by Gasteiger charge is -2.25. The number of ether oxygens (including phenoxy) is 1. The Kier molecular flexibility index (Phi) is 5.76. The third-order valence-corrected chi connectivity index (χ3v) is 4.94. The highest BCUT2D eigenvalue weighted by atomic mass is 79.9. The third kappa shape index (κ3) is 4.41. The van der Waals surface area contributed by atoms with Crippen molar-refractivity contribution in [3.63, 3.8) is 0 Å². The molecule has 5 heteroatoms. The van der Waals surface area contributed by atoms with E-state index in [9.17, 15) is 4.79 Å². The van der Waals surface area contributed by atoms with Crippen molar-refractivity contribution < 1.29 is 9.53 Å². The number of anilines is 1. The summed E-state index contributed by atoms with van der Waals surface area (Å²) >= 11 is 3.48. The summed E-state index contributed by atoms with van der Waals surface area (Å²) in [6, 6.07) is 11.6. The normalized spacial score (nSPS) is 14.0. The number of likely N-dealkylation sites (N-methyl/N-ethyl adjacent to an activating group) is 1. The van der Waals surface area contributed by atoms with E-state index in [1.54, 1.807) is 12.1 Å².